The van der Waals surface area contributed by atoms with Crippen LogP contribution in [0.4, 0.5) is 5.69 Å². The van der Waals surface area contributed by atoms with E-state index in [0.717, 1.165) is 15.9 Å². The van der Waals surface area contributed by atoms with Crippen LogP contribution >= 0.6 is 15.9 Å². The Balaban J connectivity index is 2.76. The second-order valence-corrected chi connectivity index (χ2v) is 4.48. The Labute approximate surface area is 110 Å². The van der Waals surface area contributed by atoms with Crippen LogP contribution in [0.1, 0.15) is 6.42 Å². The number of carbonyl (C=O) groups excluding carboxylic acids is 1. The third-order valence-electron chi connectivity index (χ3n) is 2.43. The minimum absolute atomic E-state index is 0.217. The van der Waals surface area contributed by atoms with Crippen LogP contribution in [0, 0.1) is 0 Å². The summed E-state index contributed by atoms with van der Waals surface area (Å²) in [5.41, 5.74) is 0.936. The Morgan fingerprint density at radius 1 is 1.41 bits per heavy atom. The number of hydrogen-bond donors (Lipinski definition) is 0. The summed E-state index contributed by atoms with van der Waals surface area (Å²) >= 11 is 3.41. The number of methoxy groups -OCH3 is 2. The van der Waals surface area contributed by atoms with Gasteiger partial charge in [0.25, 0.3) is 0 Å². The molecule has 94 valence electrons. The van der Waals surface area contributed by atoms with E-state index in [1.807, 2.05) is 30.1 Å². The van der Waals surface area contributed by atoms with Gasteiger partial charge >= 0.3 is 5.97 Å². The van der Waals surface area contributed by atoms with Crippen LogP contribution in [0.25, 0.3) is 0 Å². The van der Waals surface area contributed by atoms with Crippen LogP contribution in [-0.2, 0) is 9.53 Å². The van der Waals surface area contributed by atoms with Crippen molar-refractivity contribution in [3.05, 3.63) is 22.7 Å². The van der Waals surface area contributed by atoms with E-state index in [2.05, 4.69) is 20.7 Å². The van der Waals surface area contributed by atoms with Crippen molar-refractivity contribution in [3.8, 4) is 5.75 Å². The molecule has 0 N–H and O–H groups in total. The molecule has 0 aliphatic carbocycles. The Hall–Kier alpha value is -1.23. The van der Waals surface area contributed by atoms with Crippen LogP contribution < -0.4 is 9.64 Å². The third kappa shape index (κ3) is 3.93. The predicted octanol–water partition coefficient (Wildman–Crippen LogP) is 2.46. The molecular weight excluding hydrogens is 286 g/mol. The molecule has 0 saturated carbocycles. The van der Waals surface area contributed by atoms with Crippen LogP contribution in [0.3, 0.4) is 0 Å². The van der Waals surface area contributed by atoms with Crippen LogP contribution in [-0.4, -0.2) is 33.8 Å². The summed E-state index contributed by atoms with van der Waals surface area (Å²) in [5, 5.41) is 0. The highest BCUT2D eigenvalue weighted by Gasteiger charge is 2.10. The molecule has 5 heteroatoms. The minimum atomic E-state index is -0.217. The molecule has 0 unspecified atom stereocenters. The largest absolute Gasteiger partial charge is 0.495 e. The summed E-state index contributed by atoms with van der Waals surface area (Å²) < 4.78 is 10.9. The number of hydrogen-bond acceptors (Lipinski definition) is 4. The van der Waals surface area contributed by atoms with Crippen LogP contribution in [0.15, 0.2) is 22.7 Å². The Morgan fingerprint density at radius 3 is 2.71 bits per heavy atom. The Morgan fingerprint density at radius 2 is 2.12 bits per heavy atom. The monoisotopic (exact) mass is 301 g/mol. The van der Waals surface area contributed by atoms with E-state index in [9.17, 15) is 4.79 Å². The summed E-state index contributed by atoms with van der Waals surface area (Å²) in [6.45, 7) is 0.583. The number of carbonyl (C=O) groups is 1. The molecule has 17 heavy (non-hydrogen) atoms. The lowest BCUT2D eigenvalue weighted by molar-refractivity contribution is -0.140. The van der Waals surface area contributed by atoms with Crippen molar-refractivity contribution in [2.75, 3.05) is 32.7 Å². The maximum atomic E-state index is 11.1. The Bertz CT molecular complexity index is 395. The van der Waals surface area contributed by atoms with Crippen molar-refractivity contribution in [3.63, 3.8) is 0 Å². The van der Waals surface area contributed by atoms with Gasteiger partial charge in [-0.25, -0.2) is 0 Å². The van der Waals surface area contributed by atoms with Gasteiger partial charge in [0.05, 0.1) is 26.3 Å². The van der Waals surface area contributed by atoms with Crippen molar-refractivity contribution in [2.24, 2.45) is 0 Å². The zero-order valence-corrected chi connectivity index (χ0v) is 11.8. The zero-order chi connectivity index (χ0) is 12.8. The molecule has 0 heterocycles. The summed E-state index contributed by atoms with van der Waals surface area (Å²) in [7, 11) is 4.93. The summed E-state index contributed by atoms with van der Waals surface area (Å²) in [4.78, 5) is 13.0. The molecule has 0 aliphatic heterocycles. The van der Waals surface area contributed by atoms with E-state index in [4.69, 9.17) is 4.74 Å². The van der Waals surface area contributed by atoms with E-state index >= 15 is 0 Å². The summed E-state index contributed by atoms with van der Waals surface area (Å²) in [6, 6.07) is 5.75. The van der Waals surface area contributed by atoms with Crippen molar-refractivity contribution in [1.29, 1.82) is 0 Å². The quantitative estimate of drug-likeness (QED) is 0.783. The third-order valence-corrected chi connectivity index (χ3v) is 2.92. The highest BCUT2D eigenvalue weighted by atomic mass is 79.9. The molecule has 0 saturated heterocycles. The first-order valence-corrected chi connectivity index (χ1v) is 5.99. The smallest absolute Gasteiger partial charge is 0.307 e. The fraction of sp³-hybridized carbons (Fsp3) is 0.417. The van der Waals surface area contributed by atoms with Gasteiger partial charge < -0.3 is 14.4 Å². The van der Waals surface area contributed by atoms with Gasteiger partial charge in [0.15, 0.2) is 0 Å². The number of nitrogens with zero attached hydrogens (tertiary/aromatic N) is 1. The maximum absolute atomic E-state index is 11.1. The lowest BCUT2D eigenvalue weighted by Crippen LogP contribution is -2.22. The number of rotatable bonds is 5. The Kier molecular flexibility index (Phi) is 5.28. The van der Waals surface area contributed by atoms with E-state index in [-0.39, 0.29) is 5.97 Å². The van der Waals surface area contributed by atoms with Crippen LogP contribution in [0.2, 0.25) is 0 Å². The van der Waals surface area contributed by atoms with Gasteiger partial charge in [0, 0.05) is 18.1 Å². The lowest BCUT2D eigenvalue weighted by Gasteiger charge is -2.21. The standard InChI is InChI=1S/C12H16BrNO3/c1-14(7-6-12(15)17-3)10-8-9(13)4-5-11(10)16-2/h4-5,8H,6-7H2,1-3H3. The van der Waals surface area contributed by atoms with Gasteiger partial charge in [-0.2, -0.15) is 0 Å². The van der Waals surface area contributed by atoms with E-state index in [0.29, 0.717) is 13.0 Å². The first kappa shape index (κ1) is 13.8. The van der Waals surface area contributed by atoms with Gasteiger partial charge in [0.2, 0.25) is 0 Å². The topological polar surface area (TPSA) is 38.8 Å². The number of anilines is 1. The summed E-state index contributed by atoms with van der Waals surface area (Å²) in [6.07, 6.45) is 0.350. The molecule has 0 spiro atoms. The second kappa shape index (κ2) is 6.49. The molecule has 0 radical (unpaired) electrons. The molecule has 0 atom stereocenters. The molecule has 1 aromatic rings. The normalized spacial score (nSPS) is 9.88. The lowest BCUT2D eigenvalue weighted by atomic mass is 10.2. The number of halogens is 1. The average Bonchev–Trinajstić information content (AvgIpc) is 2.35. The fourth-order valence-electron chi connectivity index (χ4n) is 1.44. The number of benzene rings is 1. The van der Waals surface area contributed by atoms with Gasteiger partial charge in [-0.1, -0.05) is 15.9 Å². The van der Waals surface area contributed by atoms with Gasteiger partial charge in [-0.15, -0.1) is 0 Å². The molecule has 1 rings (SSSR count). The molecule has 0 fully saturated rings. The molecule has 0 aromatic heterocycles. The average molecular weight is 302 g/mol. The van der Waals surface area contributed by atoms with Gasteiger partial charge in [-0.05, 0) is 18.2 Å². The number of ether oxygens (including phenoxy) is 2. The SMILES string of the molecule is COC(=O)CCN(C)c1cc(Br)ccc1OC. The van der Waals surface area contributed by atoms with Gasteiger partial charge in [0.1, 0.15) is 5.75 Å². The summed E-state index contributed by atoms with van der Waals surface area (Å²) in [5.74, 6) is 0.561. The molecule has 0 amide bonds. The molecule has 1 aromatic carbocycles. The minimum Gasteiger partial charge on any atom is -0.495 e. The molecule has 0 bridgehead atoms. The highest BCUT2D eigenvalue weighted by Crippen LogP contribution is 2.30. The first-order valence-electron chi connectivity index (χ1n) is 5.20. The van der Waals surface area contributed by atoms with Gasteiger partial charge in [-0.3, -0.25) is 4.79 Å². The molecular formula is C12H16BrNO3. The zero-order valence-electron chi connectivity index (χ0n) is 10.2. The van der Waals surface area contributed by atoms with E-state index in [1.54, 1.807) is 7.11 Å². The predicted molar refractivity (Wildman–Crippen MR) is 70.6 cm³/mol. The van der Waals surface area contributed by atoms with E-state index in [1.165, 1.54) is 7.11 Å². The molecule has 4 nitrogen and oxygen atoms in total. The van der Waals surface area contributed by atoms with Crippen molar-refractivity contribution in [2.45, 2.75) is 6.42 Å². The number of esters is 1. The maximum Gasteiger partial charge on any atom is 0.307 e. The van der Waals surface area contributed by atoms with Crippen molar-refractivity contribution >= 4 is 27.6 Å². The van der Waals surface area contributed by atoms with Crippen LogP contribution in [0.5, 0.6) is 5.75 Å². The highest BCUT2D eigenvalue weighted by molar-refractivity contribution is 9.10. The first-order chi connectivity index (χ1) is 8.08. The van der Waals surface area contributed by atoms with E-state index < -0.39 is 0 Å². The van der Waals surface area contributed by atoms with Crippen molar-refractivity contribution in [1.82, 2.24) is 0 Å². The van der Waals surface area contributed by atoms with Crippen molar-refractivity contribution < 1.29 is 14.3 Å². The second-order valence-electron chi connectivity index (χ2n) is 3.56. The molecule has 0 aliphatic rings. The fourth-order valence-corrected chi connectivity index (χ4v) is 1.79.